The Morgan fingerprint density at radius 1 is 1.14 bits per heavy atom. The zero-order chi connectivity index (χ0) is 19.8. The minimum atomic E-state index is -0.524. The van der Waals surface area contributed by atoms with Crippen LogP contribution < -0.4 is 5.32 Å². The molecule has 1 aliphatic heterocycles. The number of aromatic amines is 1. The molecule has 5 rings (SSSR count). The Morgan fingerprint density at radius 2 is 1.97 bits per heavy atom. The van der Waals surface area contributed by atoms with Gasteiger partial charge in [-0.05, 0) is 36.2 Å². The second-order valence-electron chi connectivity index (χ2n) is 7.17. The van der Waals surface area contributed by atoms with Gasteiger partial charge in [-0.3, -0.25) is 0 Å². The molecule has 146 valence electrons. The van der Waals surface area contributed by atoms with Crippen molar-refractivity contribution in [2.75, 3.05) is 6.54 Å². The third-order valence-electron chi connectivity index (χ3n) is 5.49. The first kappa shape index (κ1) is 17.6. The Kier molecular flexibility index (Phi) is 4.31. The molecule has 0 unspecified atom stereocenters. The summed E-state index contributed by atoms with van der Waals surface area (Å²) in [6, 6.07) is 17.5. The number of urea groups is 1. The SMILES string of the molecule is O=C(NCc1ccco1)N1CCc2c([nH]c3ccccc23)[C@@H]1c1ccccc1F. The third-order valence-corrected chi connectivity index (χ3v) is 5.49. The molecule has 2 amide bonds. The fraction of sp³-hybridized carbons (Fsp3) is 0.174. The molecule has 0 saturated heterocycles. The van der Waals surface area contributed by atoms with Gasteiger partial charge in [-0.1, -0.05) is 36.4 Å². The van der Waals surface area contributed by atoms with E-state index in [2.05, 4.69) is 16.4 Å². The molecule has 0 spiro atoms. The summed E-state index contributed by atoms with van der Waals surface area (Å²) in [5, 5.41) is 4.02. The van der Waals surface area contributed by atoms with E-state index >= 15 is 0 Å². The number of carbonyl (C=O) groups excluding carboxylic acids is 1. The van der Waals surface area contributed by atoms with Gasteiger partial charge in [0, 0.05) is 28.7 Å². The van der Waals surface area contributed by atoms with E-state index in [1.807, 2.05) is 18.2 Å². The average Bonchev–Trinajstić information content (AvgIpc) is 3.39. The number of halogens is 1. The van der Waals surface area contributed by atoms with E-state index in [1.54, 1.807) is 41.5 Å². The van der Waals surface area contributed by atoms with Crippen molar-refractivity contribution < 1.29 is 13.6 Å². The molecule has 1 atom stereocenters. The van der Waals surface area contributed by atoms with Crippen molar-refractivity contribution in [1.29, 1.82) is 0 Å². The highest BCUT2D eigenvalue weighted by Gasteiger charge is 2.35. The Labute approximate surface area is 167 Å². The quantitative estimate of drug-likeness (QED) is 0.531. The number of rotatable bonds is 3. The molecule has 2 N–H and O–H groups in total. The fourth-order valence-corrected chi connectivity index (χ4v) is 4.16. The molecule has 4 aromatic rings. The van der Waals surface area contributed by atoms with Gasteiger partial charge in [0.05, 0.1) is 12.8 Å². The van der Waals surface area contributed by atoms with Crippen LogP contribution in [0.15, 0.2) is 71.3 Å². The number of hydrogen-bond acceptors (Lipinski definition) is 2. The molecule has 0 radical (unpaired) electrons. The van der Waals surface area contributed by atoms with Crippen LogP contribution in [0.2, 0.25) is 0 Å². The number of fused-ring (bicyclic) bond motifs is 3. The van der Waals surface area contributed by atoms with Crippen LogP contribution in [0.4, 0.5) is 9.18 Å². The van der Waals surface area contributed by atoms with Crippen LogP contribution in [0.3, 0.4) is 0 Å². The minimum absolute atomic E-state index is 0.251. The van der Waals surface area contributed by atoms with Gasteiger partial charge < -0.3 is 19.6 Å². The number of para-hydroxylation sites is 1. The van der Waals surface area contributed by atoms with Crippen molar-refractivity contribution in [3.05, 3.63) is 95.3 Å². The van der Waals surface area contributed by atoms with E-state index in [9.17, 15) is 9.18 Å². The Hall–Kier alpha value is -3.54. The fourth-order valence-electron chi connectivity index (χ4n) is 4.16. The maximum atomic E-state index is 14.8. The predicted octanol–water partition coefficient (Wildman–Crippen LogP) is 4.76. The normalized spacial score (nSPS) is 16.0. The van der Waals surface area contributed by atoms with Crippen molar-refractivity contribution >= 4 is 16.9 Å². The maximum absolute atomic E-state index is 14.8. The number of H-pyrrole nitrogens is 1. The van der Waals surface area contributed by atoms with Gasteiger partial charge in [0.1, 0.15) is 17.6 Å². The molecule has 2 aromatic carbocycles. The second-order valence-corrected chi connectivity index (χ2v) is 7.17. The van der Waals surface area contributed by atoms with Crippen LogP contribution in [0.1, 0.15) is 28.6 Å². The molecular weight excluding hydrogens is 369 g/mol. The highest BCUT2D eigenvalue weighted by Crippen LogP contribution is 2.39. The summed E-state index contributed by atoms with van der Waals surface area (Å²) < 4.78 is 20.1. The summed E-state index contributed by atoms with van der Waals surface area (Å²) in [6.07, 6.45) is 2.28. The number of nitrogens with one attached hydrogen (secondary N) is 2. The van der Waals surface area contributed by atoms with Gasteiger partial charge in [-0.25, -0.2) is 9.18 Å². The summed E-state index contributed by atoms with van der Waals surface area (Å²) in [5.41, 5.74) is 3.49. The molecular formula is C23H20FN3O2. The maximum Gasteiger partial charge on any atom is 0.318 e. The number of amides is 2. The van der Waals surface area contributed by atoms with Crippen LogP contribution in [0, 0.1) is 5.82 Å². The molecule has 29 heavy (non-hydrogen) atoms. The van der Waals surface area contributed by atoms with Gasteiger partial charge in [0.2, 0.25) is 0 Å². The van der Waals surface area contributed by atoms with Crippen LogP contribution in [0.5, 0.6) is 0 Å². The lowest BCUT2D eigenvalue weighted by molar-refractivity contribution is 0.177. The van der Waals surface area contributed by atoms with Crippen molar-refractivity contribution in [2.45, 2.75) is 19.0 Å². The van der Waals surface area contributed by atoms with Crippen LogP contribution >= 0.6 is 0 Å². The van der Waals surface area contributed by atoms with Crippen LogP contribution in [-0.2, 0) is 13.0 Å². The number of aromatic nitrogens is 1. The van der Waals surface area contributed by atoms with Crippen molar-refractivity contribution in [1.82, 2.24) is 15.2 Å². The van der Waals surface area contributed by atoms with Crippen molar-refractivity contribution in [2.24, 2.45) is 0 Å². The van der Waals surface area contributed by atoms with Gasteiger partial charge in [-0.15, -0.1) is 0 Å². The molecule has 2 aromatic heterocycles. The Bertz CT molecular complexity index is 1170. The van der Waals surface area contributed by atoms with Crippen molar-refractivity contribution in [3.8, 4) is 0 Å². The molecule has 6 heteroatoms. The first-order chi connectivity index (χ1) is 14.2. The van der Waals surface area contributed by atoms with Crippen LogP contribution in [0.25, 0.3) is 10.9 Å². The molecule has 0 aliphatic carbocycles. The third kappa shape index (κ3) is 3.06. The summed E-state index contributed by atoms with van der Waals surface area (Å²) in [4.78, 5) is 18.2. The lowest BCUT2D eigenvalue weighted by Crippen LogP contribution is -2.46. The summed E-state index contributed by atoms with van der Waals surface area (Å²) >= 11 is 0. The minimum Gasteiger partial charge on any atom is -0.467 e. The monoisotopic (exact) mass is 389 g/mol. The van der Waals surface area contributed by atoms with E-state index in [0.717, 1.165) is 22.2 Å². The van der Waals surface area contributed by atoms with Gasteiger partial charge >= 0.3 is 6.03 Å². The van der Waals surface area contributed by atoms with E-state index in [4.69, 9.17) is 4.42 Å². The number of benzene rings is 2. The van der Waals surface area contributed by atoms with Gasteiger partial charge in [0.25, 0.3) is 0 Å². The second kappa shape index (κ2) is 7.13. The molecule has 5 nitrogen and oxygen atoms in total. The summed E-state index contributed by atoms with van der Waals surface area (Å²) in [6.45, 7) is 0.781. The largest absolute Gasteiger partial charge is 0.467 e. The van der Waals surface area contributed by atoms with E-state index < -0.39 is 6.04 Å². The number of hydrogen-bond donors (Lipinski definition) is 2. The Balaban J connectivity index is 1.56. The summed E-state index contributed by atoms with van der Waals surface area (Å²) in [7, 11) is 0. The molecule has 1 aliphatic rings. The number of furan rings is 1. The molecule has 0 fully saturated rings. The predicted molar refractivity (Wildman–Crippen MR) is 108 cm³/mol. The molecule has 3 heterocycles. The Morgan fingerprint density at radius 3 is 2.79 bits per heavy atom. The number of carbonyl (C=O) groups is 1. The lowest BCUT2D eigenvalue weighted by atomic mass is 9.92. The van der Waals surface area contributed by atoms with Gasteiger partial charge in [-0.2, -0.15) is 0 Å². The highest BCUT2D eigenvalue weighted by atomic mass is 19.1. The zero-order valence-electron chi connectivity index (χ0n) is 15.7. The lowest BCUT2D eigenvalue weighted by Gasteiger charge is -2.36. The topological polar surface area (TPSA) is 61.3 Å². The zero-order valence-corrected chi connectivity index (χ0v) is 15.7. The summed E-state index contributed by atoms with van der Waals surface area (Å²) in [5.74, 6) is 0.344. The van der Waals surface area contributed by atoms with Crippen LogP contribution in [-0.4, -0.2) is 22.5 Å². The number of nitrogens with zero attached hydrogens (tertiary/aromatic N) is 1. The van der Waals surface area contributed by atoms with E-state index in [-0.39, 0.29) is 18.4 Å². The standard InChI is InChI=1S/C23H20FN3O2/c24-19-9-3-1-8-18(19)22-21-17(16-7-2-4-10-20(16)26-21)11-12-27(22)23(28)25-14-15-6-5-13-29-15/h1-10,13,22,26H,11-12,14H2,(H,25,28)/t22-/m0/s1. The molecule has 0 saturated carbocycles. The van der Waals surface area contributed by atoms with Gasteiger partial charge in [0.15, 0.2) is 0 Å². The van der Waals surface area contributed by atoms with E-state index in [1.165, 1.54) is 6.07 Å². The molecule has 0 bridgehead atoms. The first-order valence-electron chi connectivity index (χ1n) is 9.63. The highest BCUT2D eigenvalue weighted by molar-refractivity contribution is 5.86. The van der Waals surface area contributed by atoms with E-state index in [0.29, 0.717) is 24.3 Å². The van der Waals surface area contributed by atoms with Crippen molar-refractivity contribution in [3.63, 3.8) is 0 Å². The average molecular weight is 389 g/mol. The first-order valence-corrected chi connectivity index (χ1v) is 9.63. The smallest absolute Gasteiger partial charge is 0.318 e.